The lowest BCUT2D eigenvalue weighted by atomic mass is 9.93. The van der Waals surface area contributed by atoms with Gasteiger partial charge in [0, 0.05) is 38.5 Å². The van der Waals surface area contributed by atoms with E-state index < -0.39 is 23.8 Å². The summed E-state index contributed by atoms with van der Waals surface area (Å²) in [7, 11) is 0. The van der Waals surface area contributed by atoms with E-state index in [0.717, 1.165) is 23.6 Å². The van der Waals surface area contributed by atoms with Gasteiger partial charge in [0.25, 0.3) is 11.8 Å². The normalized spacial score (nSPS) is 20.9. The Morgan fingerprint density at radius 2 is 1.56 bits per heavy atom. The van der Waals surface area contributed by atoms with Gasteiger partial charge in [-0.1, -0.05) is 30.3 Å². The van der Waals surface area contributed by atoms with Crippen LogP contribution in [-0.4, -0.2) is 47.7 Å². The molecule has 0 bridgehead atoms. The molecule has 2 fully saturated rings. The monoisotopic (exact) mass is 432 g/mol. The van der Waals surface area contributed by atoms with E-state index in [1.54, 1.807) is 12.1 Å². The molecule has 1 unspecified atom stereocenters. The van der Waals surface area contributed by atoms with Crippen LogP contribution in [0.5, 0.6) is 0 Å². The molecule has 3 aliphatic rings. The van der Waals surface area contributed by atoms with Crippen LogP contribution >= 0.6 is 0 Å². The van der Waals surface area contributed by atoms with Crippen LogP contribution < -0.4 is 16.0 Å². The third-order valence-electron chi connectivity index (χ3n) is 6.40. The number of imide groups is 2. The van der Waals surface area contributed by atoms with E-state index in [0.29, 0.717) is 30.1 Å². The minimum absolute atomic E-state index is 0.109. The molecule has 3 N–H and O–H groups in total. The van der Waals surface area contributed by atoms with Crippen molar-refractivity contribution in [3.63, 3.8) is 0 Å². The number of amides is 4. The third-order valence-corrected chi connectivity index (χ3v) is 6.40. The quantitative estimate of drug-likeness (QED) is 0.590. The Balaban J connectivity index is 1.22. The maximum Gasteiger partial charge on any atom is 0.262 e. The maximum atomic E-state index is 12.9. The van der Waals surface area contributed by atoms with Gasteiger partial charge < -0.3 is 10.6 Å². The molecule has 4 amide bonds. The molecule has 0 saturated carbocycles. The van der Waals surface area contributed by atoms with Crippen molar-refractivity contribution >= 4 is 23.6 Å². The Bertz CT molecular complexity index is 1110. The Labute approximate surface area is 185 Å². The summed E-state index contributed by atoms with van der Waals surface area (Å²) in [5.41, 5.74) is 4.02. The van der Waals surface area contributed by atoms with Crippen LogP contribution in [0.2, 0.25) is 0 Å². The molecule has 32 heavy (non-hydrogen) atoms. The van der Waals surface area contributed by atoms with Crippen LogP contribution in [0.25, 0.3) is 0 Å². The van der Waals surface area contributed by atoms with E-state index >= 15 is 0 Å². The van der Waals surface area contributed by atoms with Crippen molar-refractivity contribution in [1.29, 1.82) is 0 Å². The number of benzene rings is 2. The summed E-state index contributed by atoms with van der Waals surface area (Å²) in [6.45, 7) is 3.31. The van der Waals surface area contributed by atoms with Crippen LogP contribution in [0.4, 0.5) is 0 Å². The fraction of sp³-hybridized carbons (Fsp3) is 0.333. The number of piperidine rings is 1. The number of hydrogen-bond acceptors (Lipinski definition) is 6. The van der Waals surface area contributed by atoms with Crippen molar-refractivity contribution in [2.45, 2.75) is 37.9 Å². The summed E-state index contributed by atoms with van der Waals surface area (Å²) < 4.78 is 0. The topological polar surface area (TPSA) is 108 Å². The number of rotatable bonds is 6. The highest BCUT2D eigenvalue weighted by molar-refractivity contribution is 6.23. The van der Waals surface area contributed by atoms with Gasteiger partial charge in [0.1, 0.15) is 6.04 Å². The lowest BCUT2D eigenvalue weighted by Gasteiger charge is -2.27. The van der Waals surface area contributed by atoms with E-state index in [1.165, 1.54) is 11.1 Å². The number of carbonyl (C=O) groups excluding carboxylic acids is 4. The number of fused-ring (bicyclic) bond motifs is 1. The average molecular weight is 432 g/mol. The summed E-state index contributed by atoms with van der Waals surface area (Å²) in [6, 6.07) is 12.8. The second kappa shape index (κ2) is 8.29. The molecule has 0 aromatic heterocycles. The highest BCUT2D eigenvalue weighted by Crippen LogP contribution is 2.28. The van der Waals surface area contributed by atoms with Crippen LogP contribution in [0, 0.1) is 0 Å². The minimum atomic E-state index is -0.944. The summed E-state index contributed by atoms with van der Waals surface area (Å²) in [5, 5.41) is 8.86. The molecule has 0 radical (unpaired) electrons. The van der Waals surface area contributed by atoms with Gasteiger partial charge in [0.05, 0.1) is 11.1 Å². The molecule has 2 aromatic rings. The van der Waals surface area contributed by atoms with E-state index in [-0.39, 0.29) is 18.7 Å². The van der Waals surface area contributed by atoms with Crippen LogP contribution in [0.1, 0.15) is 56.2 Å². The zero-order valence-electron chi connectivity index (χ0n) is 17.5. The highest BCUT2D eigenvalue weighted by Gasteiger charge is 2.44. The second-order valence-corrected chi connectivity index (χ2v) is 8.53. The molecule has 2 saturated heterocycles. The molecule has 1 atom stereocenters. The van der Waals surface area contributed by atoms with Crippen molar-refractivity contribution in [3.05, 3.63) is 70.3 Å². The van der Waals surface area contributed by atoms with Gasteiger partial charge >= 0.3 is 0 Å². The van der Waals surface area contributed by atoms with E-state index in [4.69, 9.17) is 0 Å². The molecule has 8 nitrogen and oxygen atoms in total. The first-order valence-electron chi connectivity index (χ1n) is 10.9. The van der Waals surface area contributed by atoms with Gasteiger partial charge in [-0.05, 0) is 35.2 Å². The van der Waals surface area contributed by atoms with Crippen LogP contribution in [0.3, 0.4) is 0 Å². The van der Waals surface area contributed by atoms with Crippen molar-refractivity contribution < 1.29 is 19.2 Å². The Hall–Kier alpha value is -3.36. The van der Waals surface area contributed by atoms with Gasteiger partial charge in [0.2, 0.25) is 11.8 Å². The van der Waals surface area contributed by atoms with Gasteiger partial charge in [-0.3, -0.25) is 29.4 Å². The maximum absolute atomic E-state index is 12.9. The first-order chi connectivity index (χ1) is 15.5. The molecular formula is C24H24N4O4. The van der Waals surface area contributed by atoms with Gasteiger partial charge in [-0.15, -0.1) is 0 Å². The van der Waals surface area contributed by atoms with Crippen molar-refractivity contribution in [2.75, 3.05) is 13.1 Å². The Morgan fingerprint density at radius 1 is 0.875 bits per heavy atom. The number of carbonyl (C=O) groups is 4. The minimum Gasteiger partial charge on any atom is -0.315 e. The van der Waals surface area contributed by atoms with Gasteiger partial charge in [-0.25, -0.2) is 0 Å². The largest absolute Gasteiger partial charge is 0.315 e. The smallest absolute Gasteiger partial charge is 0.262 e. The molecule has 3 heterocycles. The fourth-order valence-electron chi connectivity index (χ4n) is 4.41. The Morgan fingerprint density at radius 3 is 2.25 bits per heavy atom. The van der Waals surface area contributed by atoms with Gasteiger partial charge in [-0.2, -0.15) is 0 Å². The molecule has 3 aliphatic heterocycles. The average Bonchev–Trinajstić information content (AvgIpc) is 2.98. The van der Waals surface area contributed by atoms with Crippen molar-refractivity contribution in [2.24, 2.45) is 0 Å². The third kappa shape index (κ3) is 3.72. The first kappa shape index (κ1) is 20.5. The van der Waals surface area contributed by atoms with Gasteiger partial charge in [0.15, 0.2) is 0 Å². The summed E-state index contributed by atoms with van der Waals surface area (Å²) >= 11 is 0. The van der Waals surface area contributed by atoms with E-state index in [2.05, 4.69) is 40.2 Å². The lowest BCUT2D eigenvalue weighted by Crippen LogP contribution is -2.54. The zero-order chi connectivity index (χ0) is 22.2. The molecule has 5 rings (SSSR count). The SMILES string of the molecule is O=C1CCC(N2C(=O)c3ccc(CNCc4ccc(C5CNC5)cc4)cc3C2=O)C(=O)N1. The Kier molecular flexibility index (Phi) is 5.32. The number of nitrogens with one attached hydrogen (secondary N) is 3. The number of hydrogen-bond donors (Lipinski definition) is 3. The predicted octanol–water partition coefficient (Wildman–Crippen LogP) is 1.06. The summed E-state index contributed by atoms with van der Waals surface area (Å²) in [5.74, 6) is -1.34. The molecule has 0 spiro atoms. The molecular weight excluding hydrogens is 408 g/mol. The highest BCUT2D eigenvalue weighted by atomic mass is 16.2. The molecule has 0 aliphatic carbocycles. The van der Waals surface area contributed by atoms with E-state index in [9.17, 15) is 19.2 Å². The second-order valence-electron chi connectivity index (χ2n) is 8.53. The summed E-state index contributed by atoms with van der Waals surface area (Å²) in [4.78, 5) is 50.2. The fourth-order valence-corrected chi connectivity index (χ4v) is 4.41. The predicted molar refractivity (Wildman–Crippen MR) is 116 cm³/mol. The summed E-state index contributed by atoms with van der Waals surface area (Å²) in [6.07, 6.45) is 0.262. The van der Waals surface area contributed by atoms with E-state index in [1.807, 2.05) is 6.07 Å². The standard InChI is InChI=1S/C24H24N4O4/c29-21-8-7-20(22(30)27-21)28-23(31)18-6-3-15(9-19(18)24(28)32)11-25-10-14-1-4-16(5-2-14)17-12-26-13-17/h1-6,9,17,20,25-26H,7-8,10-13H2,(H,27,29,30). The molecule has 2 aromatic carbocycles. The zero-order valence-corrected chi connectivity index (χ0v) is 17.5. The molecule has 8 heteroatoms. The first-order valence-corrected chi connectivity index (χ1v) is 10.9. The number of nitrogens with zero attached hydrogens (tertiary/aromatic N) is 1. The van der Waals surface area contributed by atoms with Crippen molar-refractivity contribution in [3.8, 4) is 0 Å². The lowest BCUT2D eigenvalue weighted by molar-refractivity contribution is -0.136. The van der Waals surface area contributed by atoms with Crippen LogP contribution in [0.15, 0.2) is 42.5 Å². The molecule has 164 valence electrons. The van der Waals surface area contributed by atoms with Crippen molar-refractivity contribution in [1.82, 2.24) is 20.9 Å². The van der Waals surface area contributed by atoms with Crippen LogP contribution in [-0.2, 0) is 22.7 Å².